The molecule has 0 bridgehead atoms. The first-order valence-electron chi connectivity index (χ1n) is 28.1. The van der Waals surface area contributed by atoms with Crippen LogP contribution in [0.15, 0.2) is 85.1 Å². The first-order chi connectivity index (χ1) is 33.0. The van der Waals surface area contributed by atoms with Crippen LogP contribution in [0.4, 0.5) is 0 Å². The summed E-state index contributed by atoms with van der Waals surface area (Å²) in [6.45, 7) is 6.44. The highest BCUT2D eigenvalue weighted by Crippen LogP contribution is 2.14. The van der Waals surface area contributed by atoms with Gasteiger partial charge in [0.05, 0.1) is 0 Å². The third-order valence-electron chi connectivity index (χ3n) is 11.9. The molecule has 0 aromatic rings. The van der Waals surface area contributed by atoms with Crippen LogP contribution in [0, 0.1) is 0 Å². The summed E-state index contributed by atoms with van der Waals surface area (Å²) in [7, 11) is 0. The molecular weight excluding hydrogens is 829 g/mol. The number of unbranched alkanes of at least 4 members (excludes halogenated alkanes) is 25. The van der Waals surface area contributed by atoms with Crippen molar-refractivity contribution in [1.29, 1.82) is 0 Å². The van der Waals surface area contributed by atoms with Gasteiger partial charge < -0.3 is 14.2 Å². The summed E-state index contributed by atoms with van der Waals surface area (Å²) in [5.74, 6) is -0.936. The Morgan fingerprint density at radius 1 is 0.313 bits per heavy atom. The quantitative estimate of drug-likeness (QED) is 0.0262. The highest BCUT2D eigenvalue weighted by Gasteiger charge is 2.19. The standard InChI is InChI=1S/C61H104O6/c1-4-7-10-13-16-19-22-24-25-26-27-28-29-30-31-32-33-34-35-37-39-42-45-48-51-54-60(63)66-57-58(56-65-59(62)53-50-47-44-41-38-21-18-15-12-9-6-3)67-61(64)55-52-49-46-43-40-36-23-20-17-14-11-8-5-2/h8,11,15,17-18,20,22,24,26-27,29-30,36,40,58H,4-7,9-10,12-14,16,19,21,23,25,28,31-35,37-39,41-57H2,1-3H3/b11-8-,18-15-,20-17-,24-22-,27-26-,30-29-,40-36-. The molecule has 0 aliphatic heterocycles. The Hall–Kier alpha value is -3.41. The number of rotatable bonds is 50. The van der Waals surface area contributed by atoms with Crippen LogP contribution in [0.2, 0.25) is 0 Å². The van der Waals surface area contributed by atoms with E-state index in [2.05, 4.69) is 106 Å². The molecule has 1 atom stereocenters. The van der Waals surface area contributed by atoms with Gasteiger partial charge in [0, 0.05) is 19.3 Å². The second kappa shape index (κ2) is 55.2. The minimum atomic E-state index is -0.796. The van der Waals surface area contributed by atoms with Gasteiger partial charge in [0.2, 0.25) is 0 Å². The summed E-state index contributed by atoms with van der Waals surface area (Å²) >= 11 is 0. The molecule has 0 N–H and O–H groups in total. The van der Waals surface area contributed by atoms with E-state index in [0.717, 1.165) is 109 Å². The number of carbonyl (C=O) groups is 3. The normalized spacial score (nSPS) is 12.7. The average molecular weight is 933 g/mol. The molecule has 0 rings (SSSR count). The molecule has 384 valence electrons. The van der Waals surface area contributed by atoms with Gasteiger partial charge in [-0.1, -0.05) is 221 Å². The summed E-state index contributed by atoms with van der Waals surface area (Å²) < 4.78 is 16.8. The van der Waals surface area contributed by atoms with Crippen molar-refractivity contribution in [3.63, 3.8) is 0 Å². The third kappa shape index (κ3) is 53.4. The first-order valence-corrected chi connectivity index (χ1v) is 28.1. The monoisotopic (exact) mass is 933 g/mol. The zero-order valence-electron chi connectivity index (χ0n) is 43.9. The van der Waals surface area contributed by atoms with Gasteiger partial charge in [0.15, 0.2) is 6.10 Å². The van der Waals surface area contributed by atoms with Gasteiger partial charge in [-0.05, 0) is 109 Å². The van der Waals surface area contributed by atoms with Gasteiger partial charge in [-0.3, -0.25) is 14.4 Å². The molecule has 0 radical (unpaired) electrons. The lowest BCUT2D eigenvalue weighted by molar-refractivity contribution is -0.167. The maximum atomic E-state index is 12.8. The average Bonchev–Trinajstić information content (AvgIpc) is 3.33. The fourth-order valence-corrected chi connectivity index (χ4v) is 7.62. The Bertz CT molecular complexity index is 1300. The molecule has 6 heteroatoms. The fraction of sp³-hybridized carbons (Fsp3) is 0.721. The molecule has 0 heterocycles. The smallest absolute Gasteiger partial charge is 0.306 e. The SMILES string of the molecule is CC/C=C\C/C=C\C/C=C\CCCCCC(=O)OC(COC(=O)CCCCCCC/C=C\CCCC)COC(=O)CCCCCCCCCCCC/C=C\C/C=C\C/C=C\CCCCCCC. The lowest BCUT2D eigenvalue weighted by Gasteiger charge is -2.18. The van der Waals surface area contributed by atoms with Crippen molar-refractivity contribution in [1.82, 2.24) is 0 Å². The largest absolute Gasteiger partial charge is 0.462 e. The molecule has 0 saturated heterocycles. The highest BCUT2D eigenvalue weighted by molar-refractivity contribution is 5.71. The fourth-order valence-electron chi connectivity index (χ4n) is 7.62. The Morgan fingerprint density at radius 3 is 0.985 bits per heavy atom. The molecule has 1 unspecified atom stereocenters. The first kappa shape index (κ1) is 63.6. The second-order valence-corrected chi connectivity index (χ2v) is 18.5. The Labute approximate surface area is 414 Å². The van der Waals surface area contributed by atoms with E-state index in [9.17, 15) is 14.4 Å². The molecule has 0 aliphatic carbocycles. The van der Waals surface area contributed by atoms with Crippen LogP contribution in [0.1, 0.15) is 265 Å². The predicted octanol–water partition coefficient (Wildman–Crippen LogP) is 18.8. The second-order valence-electron chi connectivity index (χ2n) is 18.5. The molecule has 0 aliphatic rings. The van der Waals surface area contributed by atoms with Gasteiger partial charge >= 0.3 is 17.9 Å². The number of allylic oxidation sites excluding steroid dienone is 14. The minimum absolute atomic E-state index is 0.0933. The molecule has 0 saturated carbocycles. The van der Waals surface area contributed by atoms with E-state index in [1.165, 1.54) is 116 Å². The Balaban J connectivity index is 4.28. The lowest BCUT2D eigenvalue weighted by Crippen LogP contribution is -2.30. The number of ether oxygens (including phenoxy) is 3. The maximum Gasteiger partial charge on any atom is 0.306 e. The molecule has 0 aromatic heterocycles. The summed E-state index contributed by atoms with van der Waals surface area (Å²) in [6, 6.07) is 0. The van der Waals surface area contributed by atoms with Crippen LogP contribution in [-0.2, 0) is 28.6 Å². The molecule has 6 nitrogen and oxygen atoms in total. The Kier molecular flexibility index (Phi) is 52.4. The van der Waals surface area contributed by atoms with Crippen molar-refractivity contribution in [2.24, 2.45) is 0 Å². The summed E-state index contributed by atoms with van der Waals surface area (Å²) in [5, 5.41) is 0. The van der Waals surface area contributed by atoms with Crippen molar-refractivity contribution in [2.75, 3.05) is 13.2 Å². The minimum Gasteiger partial charge on any atom is -0.462 e. The van der Waals surface area contributed by atoms with Gasteiger partial charge in [-0.25, -0.2) is 0 Å². The van der Waals surface area contributed by atoms with Gasteiger partial charge in [0.1, 0.15) is 13.2 Å². The van der Waals surface area contributed by atoms with Crippen LogP contribution in [0.25, 0.3) is 0 Å². The van der Waals surface area contributed by atoms with Gasteiger partial charge in [0.25, 0.3) is 0 Å². The topological polar surface area (TPSA) is 78.9 Å². The van der Waals surface area contributed by atoms with Crippen LogP contribution in [0.3, 0.4) is 0 Å². The molecule has 0 spiro atoms. The number of carbonyl (C=O) groups excluding carboxylic acids is 3. The zero-order chi connectivity index (χ0) is 48.6. The van der Waals surface area contributed by atoms with Crippen LogP contribution in [-0.4, -0.2) is 37.2 Å². The van der Waals surface area contributed by atoms with E-state index in [0.29, 0.717) is 19.3 Å². The third-order valence-corrected chi connectivity index (χ3v) is 11.9. The van der Waals surface area contributed by atoms with Crippen LogP contribution < -0.4 is 0 Å². The van der Waals surface area contributed by atoms with Crippen molar-refractivity contribution in [3.8, 4) is 0 Å². The summed E-state index contributed by atoms with van der Waals surface area (Å²) in [4.78, 5) is 38.0. The number of esters is 3. The van der Waals surface area contributed by atoms with E-state index in [1.54, 1.807) is 0 Å². The zero-order valence-corrected chi connectivity index (χ0v) is 43.9. The Morgan fingerprint density at radius 2 is 0.597 bits per heavy atom. The lowest BCUT2D eigenvalue weighted by atomic mass is 10.1. The van der Waals surface area contributed by atoms with Crippen molar-refractivity contribution >= 4 is 17.9 Å². The summed E-state index contributed by atoms with van der Waals surface area (Å²) in [5.41, 5.74) is 0. The molecule has 67 heavy (non-hydrogen) atoms. The molecule has 0 aromatic carbocycles. The van der Waals surface area contributed by atoms with E-state index < -0.39 is 6.10 Å². The summed E-state index contributed by atoms with van der Waals surface area (Å²) in [6.07, 6.45) is 71.6. The number of hydrogen-bond donors (Lipinski definition) is 0. The van der Waals surface area contributed by atoms with E-state index in [-0.39, 0.29) is 31.1 Å². The molecule has 0 amide bonds. The van der Waals surface area contributed by atoms with E-state index in [4.69, 9.17) is 14.2 Å². The van der Waals surface area contributed by atoms with Crippen molar-refractivity contribution in [3.05, 3.63) is 85.1 Å². The number of hydrogen-bond acceptors (Lipinski definition) is 6. The van der Waals surface area contributed by atoms with Crippen LogP contribution >= 0.6 is 0 Å². The molecule has 0 fully saturated rings. The van der Waals surface area contributed by atoms with Crippen LogP contribution in [0.5, 0.6) is 0 Å². The van der Waals surface area contributed by atoms with Gasteiger partial charge in [-0.15, -0.1) is 0 Å². The van der Waals surface area contributed by atoms with E-state index >= 15 is 0 Å². The molecular formula is C61H104O6. The van der Waals surface area contributed by atoms with Crippen molar-refractivity contribution in [2.45, 2.75) is 271 Å². The maximum absolute atomic E-state index is 12.8. The predicted molar refractivity (Wildman–Crippen MR) is 288 cm³/mol. The van der Waals surface area contributed by atoms with E-state index in [1.807, 2.05) is 0 Å². The highest BCUT2D eigenvalue weighted by atomic mass is 16.6. The van der Waals surface area contributed by atoms with Gasteiger partial charge in [-0.2, -0.15) is 0 Å². The van der Waals surface area contributed by atoms with Crippen molar-refractivity contribution < 1.29 is 28.6 Å².